The number of hydrogen-bond donors (Lipinski definition) is 3. The molecule has 0 saturated carbocycles. The maximum absolute atomic E-state index is 12.8. The molecule has 4 N–H and O–H groups in total. The van der Waals surface area contributed by atoms with Crippen LogP contribution >= 0.6 is 0 Å². The lowest BCUT2D eigenvalue weighted by Gasteiger charge is -2.29. The lowest BCUT2D eigenvalue weighted by atomic mass is 9.98. The van der Waals surface area contributed by atoms with E-state index >= 15 is 0 Å². The summed E-state index contributed by atoms with van der Waals surface area (Å²) < 4.78 is 0. The maximum atomic E-state index is 12.8. The second-order valence-corrected chi connectivity index (χ2v) is 7.81. The van der Waals surface area contributed by atoms with Gasteiger partial charge in [-0.2, -0.15) is 0 Å². The van der Waals surface area contributed by atoms with Crippen molar-refractivity contribution in [2.24, 2.45) is 5.73 Å². The third-order valence-corrected chi connectivity index (χ3v) is 5.81. The number of nitrogens with zero attached hydrogens (tertiary/aromatic N) is 1. The Balaban J connectivity index is 1.42. The molecule has 160 valence electrons. The molecule has 2 aliphatic rings. The van der Waals surface area contributed by atoms with Crippen molar-refractivity contribution >= 4 is 23.6 Å². The number of carbonyl (C=O) groups is 4. The highest BCUT2D eigenvalue weighted by Gasteiger charge is 2.39. The first-order valence-electron chi connectivity index (χ1n) is 10.3. The van der Waals surface area contributed by atoms with E-state index in [1.165, 1.54) is 4.90 Å². The number of benzene rings is 2. The van der Waals surface area contributed by atoms with E-state index in [0.717, 1.165) is 16.7 Å². The molecule has 0 spiro atoms. The molecule has 0 bridgehead atoms. The third kappa shape index (κ3) is 4.20. The van der Waals surface area contributed by atoms with Crippen molar-refractivity contribution in [2.75, 3.05) is 6.54 Å². The van der Waals surface area contributed by atoms with Crippen LogP contribution in [-0.4, -0.2) is 41.1 Å². The molecule has 8 heteroatoms. The van der Waals surface area contributed by atoms with Crippen LogP contribution < -0.4 is 16.4 Å². The van der Waals surface area contributed by atoms with Gasteiger partial charge in [-0.05, 0) is 29.2 Å². The van der Waals surface area contributed by atoms with E-state index in [1.807, 2.05) is 36.4 Å². The molecule has 4 rings (SSSR count). The number of carbonyl (C=O) groups excluding carboxylic acids is 4. The van der Waals surface area contributed by atoms with Crippen molar-refractivity contribution in [1.29, 1.82) is 0 Å². The number of fused-ring (bicyclic) bond motifs is 1. The summed E-state index contributed by atoms with van der Waals surface area (Å²) in [7, 11) is 0. The number of imide groups is 1. The number of nitrogens with two attached hydrogens (primary N) is 1. The first-order chi connectivity index (χ1) is 15.0. The molecule has 4 amide bonds. The van der Waals surface area contributed by atoms with E-state index in [2.05, 4.69) is 10.6 Å². The van der Waals surface area contributed by atoms with Gasteiger partial charge < -0.3 is 16.0 Å². The van der Waals surface area contributed by atoms with E-state index < -0.39 is 17.9 Å². The lowest BCUT2D eigenvalue weighted by molar-refractivity contribution is -0.137. The molecule has 2 aliphatic heterocycles. The molecule has 2 atom stereocenters. The fourth-order valence-electron chi connectivity index (χ4n) is 4.13. The van der Waals surface area contributed by atoms with Crippen molar-refractivity contribution in [3.8, 4) is 0 Å². The summed E-state index contributed by atoms with van der Waals surface area (Å²) in [6.07, 6.45) is 0.546. The Morgan fingerprint density at radius 3 is 2.65 bits per heavy atom. The van der Waals surface area contributed by atoms with Crippen LogP contribution in [0.3, 0.4) is 0 Å². The molecule has 1 fully saturated rings. The van der Waals surface area contributed by atoms with Crippen LogP contribution in [0.5, 0.6) is 0 Å². The summed E-state index contributed by atoms with van der Waals surface area (Å²) in [5, 5.41) is 5.22. The predicted molar refractivity (Wildman–Crippen MR) is 113 cm³/mol. The number of piperidine rings is 1. The first-order valence-corrected chi connectivity index (χ1v) is 10.3. The van der Waals surface area contributed by atoms with Gasteiger partial charge in [0.25, 0.3) is 5.91 Å². The monoisotopic (exact) mass is 420 g/mol. The molecule has 0 aliphatic carbocycles. The largest absolute Gasteiger partial charge is 0.351 e. The summed E-state index contributed by atoms with van der Waals surface area (Å²) >= 11 is 0. The Bertz CT molecular complexity index is 1040. The molecular formula is C23H24N4O4. The summed E-state index contributed by atoms with van der Waals surface area (Å²) in [6, 6.07) is 14.1. The summed E-state index contributed by atoms with van der Waals surface area (Å²) in [4.78, 5) is 50.4. The van der Waals surface area contributed by atoms with Gasteiger partial charge in [-0.15, -0.1) is 0 Å². The highest BCUT2D eigenvalue weighted by Crippen LogP contribution is 2.28. The fraction of sp³-hybridized carbons (Fsp3) is 0.304. The van der Waals surface area contributed by atoms with Gasteiger partial charge in [-0.1, -0.05) is 42.5 Å². The minimum atomic E-state index is -0.642. The van der Waals surface area contributed by atoms with Gasteiger partial charge in [0.05, 0.1) is 5.92 Å². The SMILES string of the molecule is NCC(C(=O)NCc1ccc2c(c1)CN(C1CCC(=O)NC1=O)C2=O)c1ccccc1. The summed E-state index contributed by atoms with van der Waals surface area (Å²) in [5.74, 6) is -1.55. The highest BCUT2D eigenvalue weighted by atomic mass is 16.2. The molecule has 2 unspecified atom stereocenters. The van der Waals surface area contributed by atoms with Crippen LogP contribution in [0, 0.1) is 0 Å². The quantitative estimate of drug-likeness (QED) is 0.597. The number of nitrogens with one attached hydrogen (secondary N) is 2. The second kappa shape index (κ2) is 8.69. The van der Waals surface area contributed by atoms with E-state index in [9.17, 15) is 19.2 Å². The zero-order chi connectivity index (χ0) is 22.0. The van der Waals surface area contributed by atoms with E-state index in [0.29, 0.717) is 25.1 Å². The Labute approximate surface area is 179 Å². The van der Waals surface area contributed by atoms with Crippen LogP contribution in [0.1, 0.15) is 45.8 Å². The molecule has 2 aromatic carbocycles. The minimum absolute atomic E-state index is 0.157. The van der Waals surface area contributed by atoms with Crippen LogP contribution in [-0.2, 0) is 27.5 Å². The third-order valence-electron chi connectivity index (χ3n) is 5.81. The van der Waals surface area contributed by atoms with E-state index in [1.54, 1.807) is 12.1 Å². The van der Waals surface area contributed by atoms with Gasteiger partial charge in [0.1, 0.15) is 6.04 Å². The number of hydrogen-bond acceptors (Lipinski definition) is 5. The predicted octanol–water partition coefficient (Wildman–Crippen LogP) is 0.806. The Morgan fingerprint density at radius 1 is 1.16 bits per heavy atom. The topological polar surface area (TPSA) is 122 Å². The lowest BCUT2D eigenvalue weighted by Crippen LogP contribution is -2.52. The van der Waals surface area contributed by atoms with Crippen LogP contribution in [0.4, 0.5) is 0 Å². The van der Waals surface area contributed by atoms with Crippen molar-refractivity contribution < 1.29 is 19.2 Å². The fourth-order valence-corrected chi connectivity index (χ4v) is 4.13. The zero-order valence-corrected chi connectivity index (χ0v) is 17.0. The molecule has 2 heterocycles. The molecule has 31 heavy (non-hydrogen) atoms. The van der Waals surface area contributed by atoms with Gasteiger partial charge in [-0.25, -0.2) is 0 Å². The number of rotatable bonds is 6. The van der Waals surface area contributed by atoms with Crippen LogP contribution in [0.15, 0.2) is 48.5 Å². The van der Waals surface area contributed by atoms with Gasteiger partial charge in [0.2, 0.25) is 17.7 Å². The van der Waals surface area contributed by atoms with Crippen LogP contribution in [0.2, 0.25) is 0 Å². The van der Waals surface area contributed by atoms with E-state index in [4.69, 9.17) is 5.73 Å². The molecule has 1 saturated heterocycles. The Morgan fingerprint density at radius 2 is 1.94 bits per heavy atom. The van der Waals surface area contributed by atoms with Crippen molar-refractivity contribution in [2.45, 2.75) is 37.9 Å². The molecule has 2 aromatic rings. The zero-order valence-electron chi connectivity index (χ0n) is 17.0. The minimum Gasteiger partial charge on any atom is -0.351 e. The average Bonchev–Trinajstić information content (AvgIpc) is 3.09. The smallest absolute Gasteiger partial charge is 0.255 e. The van der Waals surface area contributed by atoms with Gasteiger partial charge >= 0.3 is 0 Å². The second-order valence-electron chi connectivity index (χ2n) is 7.81. The Hall–Kier alpha value is -3.52. The molecule has 0 aromatic heterocycles. The average molecular weight is 420 g/mol. The summed E-state index contributed by atoms with van der Waals surface area (Å²) in [6.45, 7) is 0.815. The van der Waals surface area contributed by atoms with E-state index in [-0.39, 0.29) is 30.7 Å². The van der Waals surface area contributed by atoms with Gasteiger partial charge in [-0.3, -0.25) is 24.5 Å². The highest BCUT2D eigenvalue weighted by molar-refractivity contribution is 6.05. The normalized spacial score (nSPS) is 19.1. The first kappa shape index (κ1) is 20.7. The van der Waals surface area contributed by atoms with Gasteiger partial charge in [0.15, 0.2) is 0 Å². The summed E-state index contributed by atoms with van der Waals surface area (Å²) in [5.41, 5.74) is 8.88. The van der Waals surface area contributed by atoms with Crippen molar-refractivity contribution in [3.05, 3.63) is 70.8 Å². The van der Waals surface area contributed by atoms with Crippen LogP contribution in [0.25, 0.3) is 0 Å². The standard InChI is InChI=1S/C23H24N4O4/c24-11-18(15-4-2-1-3-5-15)21(29)25-12-14-6-7-17-16(10-14)13-27(23(17)31)19-8-9-20(28)26-22(19)30/h1-7,10,18-19H,8-9,11-13,24H2,(H,25,29)(H,26,28,30). The van der Waals surface area contributed by atoms with Crippen molar-refractivity contribution in [1.82, 2.24) is 15.5 Å². The molecule has 0 radical (unpaired) electrons. The maximum Gasteiger partial charge on any atom is 0.255 e. The van der Waals surface area contributed by atoms with Crippen molar-refractivity contribution in [3.63, 3.8) is 0 Å². The Kier molecular flexibility index (Phi) is 5.81. The molecule has 8 nitrogen and oxygen atoms in total. The van der Waals surface area contributed by atoms with Gasteiger partial charge in [0, 0.05) is 31.6 Å². The molecular weight excluding hydrogens is 396 g/mol. The number of amides is 4.